The van der Waals surface area contributed by atoms with Crippen molar-refractivity contribution >= 4 is 23.6 Å². The van der Waals surface area contributed by atoms with Gasteiger partial charge in [-0.25, -0.2) is 9.18 Å². The first-order valence-electron chi connectivity index (χ1n) is 12.2. The molecule has 1 fully saturated rings. The normalized spacial score (nSPS) is 15.9. The minimum absolute atomic E-state index is 0.0341. The molecular formula is C28H26ClF4N3O3. The Balaban J connectivity index is 1.83. The lowest BCUT2D eigenvalue weighted by molar-refractivity contribution is -0.146. The number of nitrogens with one attached hydrogen (secondary N) is 1. The number of ether oxygens (including phenoxy) is 1. The fourth-order valence-electron chi connectivity index (χ4n) is 4.80. The van der Waals surface area contributed by atoms with Crippen LogP contribution < -0.4 is 5.32 Å². The number of alkyl halides is 3. The third-order valence-electron chi connectivity index (χ3n) is 6.83. The van der Waals surface area contributed by atoms with Crippen molar-refractivity contribution in [1.29, 1.82) is 0 Å². The van der Waals surface area contributed by atoms with Crippen molar-refractivity contribution in [1.82, 2.24) is 15.2 Å². The Morgan fingerprint density at radius 2 is 1.72 bits per heavy atom. The van der Waals surface area contributed by atoms with Gasteiger partial charge in [0.15, 0.2) is 0 Å². The van der Waals surface area contributed by atoms with Crippen molar-refractivity contribution in [3.63, 3.8) is 0 Å². The molecule has 1 atom stereocenters. The van der Waals surface area contributed by atoms with Crippen LogP contribution in [0.2, 0.25) is 5.02 Å². The standard InChI is InChI=1S/C28H26ClF4N3O3/c1-39-25(37)19-9-11-36(12-10-19)26(38)35-27(16-18-5-3-2-4-6-18,24-8-7-22(29)17-34-24)20-13-21(28(31,32)33)15-23(30)14-20/h2-8,13-15,17,19H,9-12,16H2,1H3,(H,35,38)/t27-/m0/s1. The quantitative estimate of drug-likeness (QED) is 0.296. The summed E-state index contributed by atoms with van der Waals surface area (Å²) in [6.45, 7) is 0.441. The predicted molar refractivity (Wildman–Crippen MR) is 136 cm³/mol. The van der Waals surface area contributed by atoms with Crippen LogP contribution >= 0.6 is 11.6 Å². The molecule has 0 saturated carbocycles. The largest absolute Gasteiger partial charge is 0.469 e. The molecule has 6 nitrogen and oxygen atoms in total. The van der Waals surface area contributed by atoms with Crippen molar-refractivity contribution in [3.8, 4) is 0 Å². The van der Waals surface area contributed by atoms with E-state index in [2.05, 4.69) is 10.3 Å². The van der Waals surface area contributed by atoms with Gasteiger partial charge in [-0.15, -0.1) is 0 Å². The van der Waals surface area contributed by atoms with Crippen LogP contribution in [0, 0.1) is 11.7 Å². The zero-order valence-corrected chi connectivity index (χ0v) is 21.7. The van der Waals surface area contributed by atoms with Gasteiger partial charge < -0.3 is 15.0 Å². The number of likely N-dealkylation sites (tertiary alicyclic amines) is 1. The third-order valence-corrected chi connectivity index (χ3v) is 7.06. The van der Waals surface area contributed by atoms with Crippen molar-refractivity contribution < 1.29 is 31.9 Å². The lowest BCUT2D eigenvalue weighted by Gasteiger charge is -2.39. The highest BCUT2D eigenvalue weighted by atomic mass is 35.5. The number of esters is 1. The van der Waals surface area contributed by atoms with Crippen molar-refractivity contribution in [2.45, 2.75) is 31.0 Å². The number of benzene rings is 2. The van der Waals surface area contributed by atoms with E-state index in [0.717, 1.165) is 12.1 Å². The summed E-state index contributed by atoms with van der Waals surface area (Å²) in [4.78, 5) is 31.4. The average molecular weight is 564 g/mol. The second kappa shape index (κ2) is 11.6. The van der Waals surface area contributed by atoms with E-state index in [9.17, 15) is 27.2 Å². The molecule has 1 saturated heterocycles. The second-order valence-electron chi connectivity index (χ2n) is 9.37. The van der Waals surface area contributed by atoms with Crippen LogP contribution in [0.3, 0.4) is 0 Å². The minimum Gasteiger partial charge on any atom is -0.469 e. The molecular weight excluding hydrogens is 538 g/mol. The number of urea groups is 1. The van der Waals surface area contributed by atoms with Crippen LogP contribution in [0.25, 0.3) is 0 Å². The number of halogens is 5. The molecule has 0 aliphatic carbocycles. The summed E-state index contributed by atoms with van der Waals surface area (Å²) in [5, 5.41) is 3.17. The Morgan fingerprint density at radius 1 is 1.05 bits per heavy atom. The number of amides is 2. The van der Waals surface area contributed by atoms with Gasteiger partial charge in [-0.3, -0.25) is 9.78 Å². The SMILES string of the molecule is COC(=O)C1CCN(C(=O)N[C@@](Cc2ccccc2)(c2cc(F)cc(C(F)(F)F)c2)c2ccc(Cl)cn2)CC1. The number of methoxy groups -OCH3 is 1. The van der Waals surface area contributed by atoms with Crippen LogP contribution in [0.15, 0.2) is 66.9 Å². The molecule has 0 spiro atoms. The molecule has 2 heterocycles. The summed E-state index contributed by atoms with van der Waals surface area (Å²) in [7, 11) is 1.30. The van der Waals surface area contributed by atoms with E-state index in [0.29, 0.717) is 24.5 Å². The molecule has 1 aliphatic heterocycles. The average Bonchev–Trinajstić information content (AvgIpc) is 2.92. The smallest absolute Gasteiger partial charge is 0.416 e. The molecule has 2 aromatic carbocycles. The van der Waals surface area contributed by atoms with Gasteiger partial charge in [-0.2, -0.15) is 13.2 Å². The van der Waals surface area contributed by atoms with E-state index < -0.39 is 29.1 Å². The lowest BCUT2D eigenvalue weighted by Crippen LogP contribution is -2.55. The van der Waals surface area contributed by atoms with Crippen LogP contribution in [-0.2, 0) is 27.7 Å². The van der Waals surface area contributed by atoms with E-state index in [1.807, 2.05) is 0 Å². The van der Waals surface area contributed by atoms with Gasteiger partial charge in [0, 0.05) is 25.7 Å². The Labute approximate surface area is 227 Å². The molecule has 0 unspecified atom stereocenters. The molecule has 4 rings (SSSR count). The van der Waals surface area contributed by atoms with Crippen LogP contribution in [0.1, 0.15) is 35.2 Å². The topological polar surface area (TPSA) is 71.5 Å². The fourth-order valence-corrected chi connectivity index (χ4v) is 4.91. The van der Waals surface area contributed by atoms with Crippen molar-refractivity contribution in [2.75, 3.05) is 20.2 Å². The first kappa shape index (κ1) is 28.4. The monoisotopic (exact) mass is 563 g/mol. The highest BCUT2D eigenvalue weighted by Gasteiger charge is 2.42. The highest BCUT2D eigenvalue weighted by molar-refractivity contribution is 6.30. The zero-order chi connectivity index (χ0) is 28.2. The van der Waals surface area contributed by atoms with E-state index in [1.165, 1.54) is 30.3 Å². The van der Waals surface area contributed by atoms with Crippen molar-refractivity contribution in [3.05, 3.63) is 100 Å². The van der Waals surface area contributed by atoms with Gasteiger partial charge in [0.05, 0.1) is 29.3 Å². The number of hydrogen-bond acceptors (Lipinski definition) is 4. The minimum atomic E-state index is -4.83. The van der Waals surface area contributed by atoms with Gasteiger partial charge in [0.1, 0.15) is 11.4 Å². The second-order valence-corrected chi connectivity index (χ2v) is 9.81. The fraction of sp³-hybridized carbons (Fsp3) is 0.321. The van der Waals surface area contributed by atoms with Crippen LogP contribution in [0.5, 0.6) is 0 Å². The number of aromatic nitrogens is 1. The summed E-state index contributed by atoms with van der Waals surface area (Å²) < 4.78 is 60.9. The summed E-state index contributed by atoms with van der Waals surface area (Å²) in [6.07, 6.45) is -2.82. The molecule has 1 aromatic heterocycles. The maximum atomic E-state index is 14.7. The first-order valence-corrected chi connectivity index (χ1v) is 12.6. The molecule has 1 aliphatic rings. The van der Waals surface area contributed by atoms with Crippen LogP contribution in [0.4, 0.5) is 22.4 Å². The lowest BCUT2D eigenvalue weighted by atomic mass is 9.79. The number of hydrogen-bond donors (Lipinski definition) is 1. The molecule has 1 N–H and O–H groups in total. The Hall–Kier alpha value is -3.66. The van der Waals surface area contributed by atoms with Crippen LogP contribution in [-0.4, -0.2) is 42.1 Å². The molecule has 206 valence electrons. The molecule has 0 radical (unpaired) electrons. The molecule has 3 aromatic rings. The Morgan fingerprint density at radius 3 is 2.31 bits per heavy atom. The van der Waals surface area contributed by atoms with Gasteiger partial charge in [0.25, 0.3) is 0 Å². The highest BCUT2D eigenvalue weighted by Crippen LogP contribution is 2.38. The van der Waals surface area contributed by atoms with E-state index >= 15 is 0 Å². The number of carbonyl (C=O) groups is 2. The summed E-state index contributed by atoms with van der Waals surface area (Å²) >= 11 is 6.05. The maximum absolute atomic E-state index is 14.7. The maximum Gasteiger partial charge on any atom is 0.416 e. The number of rotatable bonds is 6. The molecule has 0 bridgehead atoms. The Kier molecular flexibility index (Phi) is 8.44. The van der Waals surface area contributed by atoms with Gasteiger partial charge >= 0.3 is 18.2 Å². The summed E-state index contributed by atoms with van der Waals surface area (Å²) in [5.74, 6) is -1.83. The van der Waals surface area contributed by atoms with E-state index in [1.54, 1.807) is 30.3 Å². The summed E-state index contributed by atoms with van der Waals surface area (Å²) in [6, 6.07) is 13.4. The van der Waals surface area contributed by atoms with Crippen molar-refractivity contribution in [2.24, 2.45) is 5.92 Å². The van der Waals surface area contributed by atoms with E-state index in [-0.39, 0.29) is 47.7 Å². The Bertz CT molecular complexity index is 1310. The molecule has 39 heavy (non-hydrogen) atoms. The van der Waals surface area contributed by atoms with Gasteiger partial charge in [-0.05, 0) is 54.3 Å². The third kappa shape index (κ3) is 6.50. The number of piperidine rings is 1. The molecule has 2 amide bonds. The number of carbonyl (C=O) groups excluding carboxylic acids is 2. The number of nitrogens with zero attached hydrogens (tertiary/aromatic N) is 2. The number of pyridine rings is 1. The zero-order valence-electron chi connectivity index (χ0n) is 21.0. The van der Waals surface area contributed by atoms with Gasteiger partial charge in [0.2, 0.25) is 0 Å². The first-order chi connectivity index (χ1) is 18.5. The predicted octanol–water partition coefficient (Wildman–Crippen LogP) is 5.97. The molecule has 11 heteroatoms. The van der Waals surface area contributed by atoms with Gasteiger partial charge in [-0.1, -0.05) is 41.9 Å². The summed E-state index contributed by atoms with van der Waals surface area (Å²) in [5.41, 5.74) is -2.20. The van der Waals surface area contributed by atoms with E-state index in [4.69, 9.17) is 16.3 Å².